The van der Waals surface area contributed by atoms with Crippen LogP contribution in [-0.4, -0.2) is 18.7 Å². The molecule has 16 heavy (non-hydrogen) atoms. The third-order valence-corrected chi connectivity index (χ3v) is 2.59. The van der Waals surface area contributed by atoms with Crippen molar-refractivity contribution in [3.8, 4) is 5.75 Å². The van der Waals surface area contributed by atoms with Gasteiger partial charge in [-0.25, -0.2) is 0 Å². The summed E-state index contributed by atoms with van der Waals surface area (Å²) in [5.74, 6) is 0.460. The van der Waals surface area contributed by atoms with Crippen LogP contribution < -0.4 is 10.5 Å². The maximum absolute atomic E-state index is 10.5. The molecule has 1 rings (SSSR count). The molecule has 0 saturated carbocycles. The van der Waals surface area contributed by atoms with Crippen LogP contribution in [0.4, 0.5) is 5.69 Å². The average Bonchev–Trinajstić information content (AvgIpc) is 2.21. The minimum atomic E-state index is -0.385. The van der Waals surface area contributed by atoms with E-state index in [2.05, 4.69) is 27.6 Å². The zero-order valence-corrected chi connectivity index (χ0v) is 11.1. The van der Waals surface area contributed by atoms with Gasteiger partial charge in [-0.05, 0) is 47.7 Å². The summed E-state index contributed by atoms with van der Waals surface area (Å²) in [5, 5.41) is 0. The topological polar surface area (TPSA) is 64.7 Å². The lowest BCUT2D eigenvalue weighted by atomic mass is 10.3. The quantitative estimate of drug-likeness (QED) is 0.664. The number of nitrogens with zero attached hydrogens (tertiary/aromatic N) is 1. The number of nitrogens with two attached hydrogens (primary N) is 1. The fourth-order valence-corrected chi connectivity index (χ4v) is 1.74. The second-order valence-corrected chi connectivity index (χ2v) is 4.19. The molecule has 2 N–H and O–H groups in total. The summed E-state index contributed by atoms with van der Waals surface area (Å²) in [7, 11) is 0. The highest BCUT2D eigenvalue weighted by Crippen LogP contribution is 2.25. The predicted octanol–water partition coefficient (Wildman–Crippen LogP) is 2.27. The number of primary amides is 1. The van der Waals surface area contributed by atoms with Crippen molar-refractivity contribution in [2.24, 2.45) is 10.7 Å². The standard InChI is InChI=1S/C11H13IN2O2/c1-2-16-10-4-3-8(7-9(10)12)14-6-5-11(13)15/h3-4,6-7H,2,5H2,1H3,(H2,13,15). The maximum atomic E-state index is 10.5. The van der Waals surface area contributed by atoms with E-state index in [4.69, 9.17) is 10.5 Å². The Bertz CT molecular complexity index is 405. The van der Waals surface area contributed by atoms with E-state index in [0.717, 1.165) is 15.0 Å². The third-order valence-electron chi connectivity index (χ3n) is 1.75. The first kappa shape index (κ1) is 13.0. The molecule has 0 spiro atoms. The lowest BCUT2D eigenvalue weighted by Crippen LogP contribution is -2.09. The highest BCUT2D eigenvalue weighted by atomic mass is 127. The van der Waals surface area contributed by atoms with Gasteiger partial charge in [0.2, 0.25) is 5.91 Å². The summed E-state index contributed by atoms with van der Waals surface area (Å²) in [6, 6.07) is 5.59. The number of hydrogen-bond donors (Lipinski definition) is 1. The molecule has 86 valence electrons. The normalized spacial score (nSPS) is 10.6. The van der Waals surface area contributed by atoms with Crippen molar-refractivity contribution in [1.82, 2.24) is 0 Å². The Kier molecular flexibility index (Phi) is 5.24. The van der Waals surface area contributed by atoms with Gasteiger partial charge in [-0.15, -0.1) is 0 Å². The molecule has 0 aromatic heterocycles. The molecule has 0 radical (unpaired) electrons. The Morgan fingerprint density at radius 1 is 1.62 bits per heavy atom. The van der Waals surface area contributed by atoms with E-state index in [1.54, 1.807) is 0 Å². The van der Waals surface area contributed by atoms with Crippen molar-refractivity contribution in [2.45, 2.75) is 13.3 Å². The summed E-state index contributed by atoms with van der Waals surface area (Å²) in [6.07, 6.45) is 1.66. The summed E-state index contributed by atoms with van der Waals surface area (Å²) >= 11 is 2.18. The molecule has 0 unspecified atom stereocenters. The zero-order chi connectivity index (χ0) is 12.0. The molecule has 0 aliphatic carbocycles. The van der Waals surface area contributed by atoms with Crippen LogP contribution in [0.1, 0.15) is 13.3 Å². The fourth-order valence-electron chi connectivity index (χ4n) is 1.08. The first-order chi connectivity index (χ1) is 7.63. The number of carbonyl (C=O) groups is 1. The van der Waals surface area contributed by atoms with Crippen molar-refractivity contribution in [3.63, 3.8) is 0 Å². The third kappa shape index (κ3) is 4.18. The molecule has 0 saturated heterocycles. The Labute approximate surface area is 108 Å². The van der Waals surface area contributed by atoms with Gasteiger partial charge in [-0.3, -0.25) is 9.79 Å². The minimum Gasteiger partial charge on any atom is -0.493 e. The molecule has 1 aromatic rings. The average molecular weight is 332 g/mol. The van der Waals surface area contributed by atoms with Gasteiger partial charge in [-0.1, -0.05) is 0 Å². The lowest BCUT2D eigenvalue weighted by molar-refractivity contribution is -0.116. The molecular formula is C11H13IN2O2. The van der Waals surface area contributed by atoms with Crippen LogP contribution >= 0.6 is 22.6 Å². The summed E-state index contributed by atoms with van der Waals surface area (Å²) in [5.41, 5.74) is 5.78. The highest BCUT2D eigenvalue weighted by molar-refractivity contribution is 14.1. The van der Waals surface area contributed by atoms with E-state index < -0.39 is 0 Å². The smallest absolute Gasteiger partial charge is 0.222 e. The molecular weight excluding hydrogens is 319 g/mol. The molecule has 1 aromatic carbocycles. The molecule has 0 aliphatic heterocycles. The van der Waals surface area contributed by atoms with Crippen molar-refractivity contribution in [3.05, 3.63) is 21.8 Å². The van der Waals surface area contributed by atoms with Crippen LogP contribution in [0.15, 0.2) is 23.2 Å². The Morgan fingerprint density at radius 3 is 2.94 bits per heavy atom. The van der Waals surface area contributed by atoms with Gasteiger partial charge in [0.25, 0.3) is 0 Å². The highest BCUT2D eigenvalue weighted by Gasteiger charge is 2.00. The Morgan fingerprint density at radius 2 is 2.38 bits per heavy atom. The number of benzene rings is 1. The number of ether oxygens (including phenoxy) is 1. The molecule has 0 aliphatic rings. The van der Waals surface area contributed by atoms with E-state index in [1.807, 2.05) is 25.1 Å². The van der Waals surface area contributed by atoms with E-state index in [0.29, 0.717) is 6.61 Å². The first-order valence-corrected chi connectivity index (χ1v) is 5.94. The van der Waals surface area contributed by atoms with Crippen molar-refractivity contribution in [2.75, 3.05) is 6.61 Å². The van der Waals surface area contributed by atoms with Crippen molar-refractivity contribution < 1.29 is 9.53 Å². The molecule has 0 atom stereocenters. The molecule has 5 heteroatoms. The van der Waals surface area contributed by atoms with Crippen LogP contribution in [-0.2, 0) is 4.79 Å². The monoisotopic (exact) mass is 332 g/mol. The number of rotatable bonds is 5. The second kappa shape index (κ2) is 6.47. The predicted molar refractivity (Wildman–Crippen MR) is 72.3 cm³/mol. The Hall–Kier alpha value is -1.11. The van der Waals surface area contributed by atoms with Crippen LogP contribution in [0.3, 0.4) is 0 Å². The zero-order valence-electron chi connectivity index (χ0n) is 8.94. The largest absolute Gasteiger partial charge is 0.493 e. The number of carbonyl (C=O) groups excluding carboxylic acids is 1. The minimum absolute atomic E-state index is 0.157. The van der Waals surface area contributed by atoms with E-state index in [1.165, 1.54) is 6.21 Å². The molecule has 4 nitrogen and oxygen atoms in total. The molecule has 0 fully saturated rings. The summed E-state index contributed by atoms with van der Waals surface area (Å²) in [6.45, 7) is 2.58. The van der Waals surface area contributed by atoms with Gasteiger partial charge >= 0.3 is 0 Å². The van der Waals surface area contributed by atoms with Gasteiger partial charge in [0.1, 0.15) is 5.75 Å². The number of aliphatic imine (C=N–C) groups is 1. The van der Waals surface area contributed by atoms with E-state index in [9.17, 15) is 4.79 Å². The SMILES string of the molecule is CCOc1ccc(N=CCC(N)=O)cc1I. The van der Waals surface area contributed by atoms with Crippen molar-refractivity contribution >= 4 is 40.4 Å². The fraction of sp³-hybridized carbons (Fsp3) is 0.273. The molecule has 0 bridgehead atoms. The van der Waals surface area contributed by atoms with Crippen LogP contribution in [0.25, 0.3) is 0 Å². The first-order valence-electron chi connectivity index (χ1n) is 4.86. The van der Waals surface area contributed by atoms with Crippen LogP contribution in [0.2, 0.25) is 0 Å². The van der Waals surface area contributed by atoms with Gasteiger partial charge in [0.05, 0.1) is 22.3 Å². The van der Waals surface area contributed by atoms with Crippen LogP contribution in [0.5, 0.6) is 5.75 Å². The number of hydrogen-bond acceptors (Lipinski definition) is 3. The van der Waals surface area contributed by atoms with Crippen LogP contribution in [0, 0.1) is 3.57 Å². The van der Waals surface area contributed by atoms with Gasteiger partial charge in [0, 0.05) is 6.21 Å². The summed E-state index contributed by atoms with van der Waals surface area (Å²) < 4.78 is 6.39. The second-order valence-electron chi connectivity index (χ2n) is 3.03. The van der Waals surface area contributed by atoms with Gasteiger partial charge in [-0.2, -0.15) is 0 Å². The van der Waals surface area contributed by atoms with E-state index >= 15 is 0 Å². The van der Waals surface area contributed by atoms with Crippen molar-refractivity contribution in [1.29, 1.82) is 0 Å². The number of amides is 1. The Balaban J connectivity index is 2.73. The number of halogens is 1. The molecule has 0 heterocycles. The molecule has 1 amide bonds. The van der Waals surface area contributed by atoms with Gasteiger partial charge in [0.15, 0.2) is 0 Å². The van der Waals surface area contributed by atoms with Gasteiger partial charge < -0.3 is 10.5 Å². The summed E-state index contributed by atoms with van der Waals surface area (Å²) in [4.78, 5) is 14.6. The lowest BCUT2D eigenvalue weighted by Gasteiger charge is -2.05. The maximum Gasteiger partial charge on any atom is 0.222 e. The van der Waals surface area contributed by atoms with E-state index in [-0.39, 0.29) is 12.3 Å².